The summed E-state index contributed by atoms with van der Waals surface area (Å²) < 4.78 is 13.7. The van der Waals surface area contributed by atoms with Gasteiger partial charge in [0.1, 0.15) is 5.82 Å². The molecule has 0 fully saturated rings. The van der Waals surface area contributed by atoms with Crippen molar-refractivity contribution in [2.75, 3.05) is 16.0 Å². The lowest BCUT2D eigenvalue weighted by molar-refractivity contribution is 0.102. The zero-order valence-electron chi connectivity index (χ0n) is 18.9. The molecule has 0 atom stereocenters. The molecule has 2 aromatic heterocycles. The number of carbonyl (C=O) groups is 1. The molecule has 0 saturated heterocycles. The normalized spacial score (nSPS) is 10.7. The van der Waals surface area contributed by atoms with E-state index in [1.807, 2.05) is 49.4 Å². The SMILES string of the molecule is Cc1ccc(NC(=O)c2ccc(Nc3ccnc4ccc(F)cc34)cc2)cc1Nc1ccncc1. The first-order valence-corrected chi connectivity index (χ1v) is 11.1. The average Bonchev–Trinajstić information content (AvgIpc) is 2.87. The van der Waals surface area contributed by atoms with Crippen LogP contribution in [-0.2, 0) is 0 Å². The number of pyridine rings is 2. The van der Waals surface area contributed by atoms with Gasteiger partial charge in [-0.3, -0.25) is 14.8 Å². The quantitative estimate of drug-likeness (QED) is 0.258. The smallest absolute Gasteiger partial charge is 0.255 e. The summed E-state index contributed by atoms with van der Waals surface area (Å²) in [5.74, 6) is -0.539. The molecule has 3 N–H and O–H groups in total. The summed E-state index contributed by atoms with van der Waals surface area (Å²) in [7, 11) is 0. The zero-order valence-corrected chi connectivity index (χ0v) is 18.9. The summed E-state index contributed by atoms with van der Waals surface area (Å²) in [4.78, 5) is 21.1. The molecule has 0 unspecified atom stereocenters. The lowest BCUT2D eigenvalue weighted by atomic mass is 10.1. The number of aromatic nitrogens is 2. The van der Waals surface area contributed by atoms with Crippen molar-refractivity contribution in [1.29, 1.82) is 0 Å². The molecule has 0 aliphatic heterocycles. The third-order valence-corrected chi connectivity index (χ3v) is 5.58. The Morgan fingerprint density at radius 2 is 1.46 bits per heavy atom. The van der Waals surface area contributed by atoms with E-state index in [2.05, 4.69) is 25.9 Å². The van der Waals surface area contributed by atoms with Gasteiger partial charge in [0.15, 0.2) is 0 Å². The van der Waals surface area contributed by atoms with E-state index in [0.29, 0.717) is 22.2 Å². The minimum Gasteiger partial charge on any atom is -0.355 e. The number of nitrogens with one attached hydrogen (secondary N) is 3. The number of rotatable bonds is 6. The van der Waals surface area contributed by atoms with E-state index in [4.69, 9.17) is 0 Å². The molecular formula is C28H22FN5O. The van der Waals surface area contributed by atoms with Crippen LogP contribution in [-0.4, -0.2) is 15.9 Å². The van der Waals surface area contributed by atoms with Crippen molar-refractivity contribution in [2.45, 2.75) is 6.92 Å². The minimum atomic E-state index is -0.323. The second-order valence-corrected chi connectivity index (χ2v) is 8.07. The average molecular weight is 464 g/mol. The molecule has 3 aromatic carbocycles. The molecule has 35 heavy (non-hydrogen) atoms. The van der Waals surface area contributed by atoms with Gasteiger partial charge < -0.3 is 16.0 Å². The Morgan fingerprint density at radius 3 is 2.26 bits per heavy atom. The number of anilines is 5. The molecule has 5 aromatic rings. The topological polar surface area (TPSA) is 78.9 Å². The second kappa shape index (κ2) is 9.61. The highest BCUT2D eigenvalue weighted by atomic mass is 19.1. The third-order valence-electron chi connectivity index (χ3n) is 5.58. The number of nitrogens with zero attached hydrogens (tertiary/aromatic N) is 2. The summed E-state index contributed by atoms with van der Waals surface area (Å²) in [6.07, 6.45) is 5.11. The number of benzene rings is 3. The molecule has 0 aliphatic rings. The van der Waals surface area contributed by atoms with Crippen molar-refractivity contribution in [3.63, 3.8) is 0 Å². The van der Waals surface area contributed by atoms with Crippen LogP contribution < -0.4 is 16.0 Å². The van der Waals surface area contributed by atoms with Gasteiger partial charge in [-0.25, -0.2) is 4.39 Å². The Hall–Kier alpha value is -4.78. The Kier molecular flexibility index (Phi) is 6.05. The maximum atomic E-state index is 13.7. The number of halogens is 1. The predicted molar refractivity (Wildman–Crippen MR) is 138 cm³/mol. The highest BCUT2D eigenvalue weighted by molar-refractivity contribution is 6.05. The molecule has 172 valence electrons. The van der Waals surface area contributed by atoms with E-state index >= 15 is 0 Å². The maximum absolute atomic E-state index is 13.7. The van der Waals surface area contributed by atoms with E-state index in [1.165, 1.54) is 12.1 Å². The number of amides is 1. The molecule has 5 rings (SSSR count). The van der Waals surface area contributed by atoms with Crippen LogP contribution in [0.1, 0.15) is 15.9 Å². The standard InChI is InChI=1S/C28H22FN5O/c1-18-2-6-23(17-27(18)33-22-10-13-30-14-11-22)34-28(35)19-3-7-21(8-4-19)32-26-12-15-31-25-9-5-20(29)16-24(25)26/h2-17H,1H3,(H,30,33)(H,31,32)(H,34,35). The van der Waals surface area contributed by atoms with Gasteiger partial charge in [0, 0.05) is 58.0 Å². The molecule has 2 heterocycles. The first kappa shape index (κ1) is 22.0. The first-order valence-electron chi connectivity index (χ1n) is 11.1. The van der Waals surface area contributed by atoms with Crippen molar-refractivity contribution in [3.05, 3.63) is 114 Å². The van der Waals surface area contributed by atoms with Crippen LogP contribution in [0.5, 0.6) is 0 Å². The molecule has 6 nitrogen and oxygen atoms in total. The van der Waals surface area contributed by atoms with Crippen LogP contribution in [0.15, 0.2) is 97.5 Å². The molecular weight excluding hydrogens is 441 g/mol. The molecule has 0 aliphatic carbocycles. The van der Waals surface area contributed by atoms with Crippen molar-refractivity contribution in [2.24, 2.45) is 0 Å². The molecule has 1 amide bonds. The molecule has 7 heteroatoms. The Morgan fingerprint density at radius 1 is 0.743 bits per heavy atom. The summed E-state index contributed by atoms with van der Waals surface area (Å²) in [6, 6.07) is 22.9. The fraction of sp³-hybridized carbons (Fsp3) is 0.0357. The number of carbonyl (C=O) groups excluding carboxylic acids is 1. The Balaban J connectivity index is 1.29. The van der Waals surface area contributed by atoms with Gasteiger partial charge in [0.05, 0.1) is 5.52 Å². The van der Waals surface area contributed by atoms with Gasteiger partial charge in [-0.05, 0) is 85.3 Å². The van der Waals surface area contributed by atoms with Gasteiger partial charge in [0.25, 0.3) is 5.91 Å². The van der Waals surface area contributed by atoms with Gasteiger partial charge in [0.2, 0.25) is 0 Å². The van der Waals surface area contributed by atoms with Gasteiger partial charge in [-0.15, -0.1) is 0 Å². The van der Waals surface area contributed by atoms with E-state index < -0.39 is 0 Å². The fourth-order valence-corrected chi connectivity index (χ4v) is 3.72. The monoisotopic (exact) mass is 463 g/mol. The summed E-state index contributed by atoms with van der Waals surface area (Å²) >= 11 is 0. The van der Waals surface area contributed by atoms with Crippen LogP contribution in [0.4, 0.5) is 32.8 Å². The fourth-order valence-electron chi connectivity index (χ4n) is 3.72. The number of fused-ring (bicyclic) bond motifs is 1. The van der Waals surface area contributed by atoms with E-state index in [-0.39, 0.29) is 11.7 Å². The summed E-state index contributed by atoms with van der Waals surface area (Å²) in [5, 5.41) is 10.3. The maximum Gasteiger partial charge on any atom is 0.255 e. The third kappa shape index (κ3) is 5.09. The van der Waals surface area contributed by atoms with Gasteiger partial charge in [-0.1, -0.05) is 6.07 Å². The largest absolute Gasteiger partial charge is 0.355 e. The number of aryl methyl sites for hydroxylation is 1. The highest BCUT2D eigenvalue weighted by Crippen LogP contribution is 2.27. The number of hydrogen-bond donors (Lipinski definition) is 3. The first-order chi connectivity index (χ1) is 17.0. The lowest BCUT2D eigenvalue weighted by Gasteiger charge is -2.13. The van der Waals surface area contributed by atoms with Gasteiger partial charge in [-0.2, -0.15) is 0 Å². The zero-order chi connectivity index (χ0) is 24.2. The van der Waals surface area contributed by atoms with Crippen LogP contribution in [0.3, 0.4) is 0 Å². The van der Waals surface area contributed by atoms with Crippen molar-refractivity contribution >= 4 is 45.2 Å². The summed E-state index contributed by atoms with van der Waals surface area (Å²) in [5.41, 5.74) is 6.28. The van der Waals surface area contributed by atoms with Crippen LogP contribution >= 0.6 is 0 Å². The summed E-state index contributed by atoms with van der Waals surface area (Å²) in [6.45, 7) is 2.00. The minimum absolute atomic E-state index is 0.216. The molecule has 0 radical (unpaired) electrons. The molecule has 0 spiro atoms. The van der Waals surface area contributed by atoms with Crippen molar-refractivity contribution < 1.29 is 9.18 Å². The van der Waals surface area contributed by atoms with E-state index in [0.717, 1.165) is 28.3 Å². The van der Waals surface area contributed by atoms with E-state index in [9.17, 15) is 9.18 Å². The lowest BCUT2D eigenvalue weighted by Crippen LogP contribution is -2.12. The Bertz CT molecular complexity index is 1500. The second-order valence-electron chi connectivity index (χ2n) is 8.07. The predicted octanol–water partition coefficient (Wildman–Crippen LogP) is 6.82. The van der Waals surface area contributed by atoms with Crippen LogP contribution in [0, 0.1) is 12.7 Å². The van der Waals surface area contributed by atoms with Gasteiger partial charge >= 0.3 is 0 Å². The Labute approximate surface area is 201 Å². The molecule has 0 bridgehead atoms. The van der Waals surface area contributed by atoms with Crippen LogP contribution in [0.2, 0.25) is 0 Å². The van der Waals surface area contributed by atoms with Crippen LogP contribution in [0.25, 0.3) is 10.9 Å². The highest BCUT2D eigenvalue weighted by Gasteiger charge is 2.09. The van der Waals surface area contributed by atoms with Crippen molar-refractivity contribution in [3.8, 4) is 0 Å². The van der Waals surface area contributed by atoms with Crippen molar-refractivity contribution in [1.82, 2.24) is 9.97 Å². The van der Waals surface area contributed by atoms with E-state index in [1.54, 1.807) is 42.9 Å². The number of hydrogen-bond acceptors (Lipinski definition) is 5. The molecule has 0 saturated carbocycles.